The molecule has 3 heteroatoms. The van der Waals surface area contributed by atoms with Gasteiger partial charge in [-0.25, -0.2) is 4.39 Å². The van der Waals surface area contributed by atoms with Crippen molar-refractivity contribution in [1.82, 2.24) is 10.2 Å². The third kappa shape index (κ3) is 4.27. The summed E-state index contributed by atoms with van der Waals surface area (Å²) in [7, 11) is 4.19. The minimum Gasteiger partial charge on any atom is -0.315 e. The lowest BCUT2D eigenvalue weighted by Crippen LogP contribution is -2.50. The fourth-order valence-electron chi connectivity index (χ4n) is 3.74. The van der Waals surface area contributed by atoms with E-state index in [0.717, 1.165) is 11.5 Å². The number of nitrogens with one attached hydrogen (secondary N) is 1. The van der Waals surface area contributed by atoms with Crippen LogP contribution in [-0.4, -0.2) is 31.1 Å². The average Bonchev–Trinajstić information content (AvgIpc) is 2.50. The lowest BCUT2D eigenvalue weighted by molar-refractivity contribution is 0.113. The maximum Gasteiger partial charge on any atom is 0.127 e. The van der Waals surface area contributed by atoms with E-state index in [1.807, 2.05) is 12.1 Å². The molecule has 3 unspecified atom stereocenters. The van der Waals surface area contributed by atoms with E-state index in [0.29, 0.717) is 18.6 Å². The number of rotatable bonds is 6. The van der Waals surface area contributed by atoms with Crippen molar-refractivity contribution in [2.24, 2.45) is 5.92 Å². The Balaban J connectivity index is 2.03. The maximum absolute atomic E-state index is 13.9. The third-order valence-electron chi connectivity index (χ3n) is 4.94. The Bertz CT molecular complexity index is 435. The molecule has 0 aliphatic heterocycles. The monoisotopic (exact) mass is 292 g/mol. The van der Waals surface area contributed by atoms with E-state index in [2.05, 4.69) is 31.2 Å². The van der Waals surface area contributed by atoms with Crippen molar-refractivity contribution in [2.75, 3.05) is 14.1 Å². The summed E-state index contributed by atoms with van der Waals surface area (Å²) in [6.45, 7) is 2.95. The summed E-state index contributed by atoms with van der Waals surface area (Å²) in [5.74, 6) is 0.735. The highest BCUT2D eigenvalue weighted by Gasteiger charge is 2.31. The van der Waals surface area contributed by atoms with Crippen LogP contribution in [0, 0.1) is 11.7 Å². The Morgan fingerprint density at radius 3 is 2.71 bits per heavy atom. The summed E-state index contributed by atoms with van der Waals surface area (Å²) in [5.41, 5.74) is 0.799. The SMILES string of the molecule is CCCC1CCC(NC)C(N(C)Cc2ccccc2F)C1. The van der Waals surface area contributed by atoms with Gasteiger partial charge in [-0.15, -0.1) is 0 Å². The zero-order chi connectivity index (χ0) is 15.2. The molecule has 3 atom stereocenters. The Morgan fingerprint density at radius 1 is 1.29 bits per heavy atom. The molecule has 2 nitrogen and oxygen atoms in total. The Labute approximate surface area is 128 Å². The van der Waals surface area contributed by atoms with E-state index in [1.165, 1.54) is 32.1 Å². The normalized spacial score (nSPS) is 26.2. The molecule has 0 amide bonds. The van der Waals surface area contributed by atoms with Crippen LogP contribution in [0.2, 0.25) is 0 Å². The highest BCUT2D eigenvalue weighted by molar-refractivity contribution is 5.17. The van der Waals surface area contributed by atoms with Crippen molar-refractivity contribution >= 4 is 0 Å². The fraction of sp³-hybridized carbons (Fsp3) is 0.667. The van der Waals surface area contributed by atoms with Crippen molar-refractivity contribution in [1.29, 1.82) is 0 Å². The van der Waals surface area contributed by atoms with Gasteiger partial charge in [0.25, 0.3) is 0 Å². The molecule has 0 aromatic heterocycles. The molecule has 2 rings (SSSR count). The largest absolute Gasteiger partial charge is 0.315 e. The molecule has 0 bridgehead atoms. The number of hydrogen-bond donors (Lipinski definition) is 1. The van der Waals surface area contributed by atoms with Crippen molar-refractivity contribution in [3.05, 3.63) is 35.6 Å². The van der Waals surface area contributed by atoms with E-state index in [4.69, 9.17) is 0 Å². The van der Waals surface area contributed by atoms with Gasteiger partial charge in [-0.3, -0.25) is 4.90 Å². The van der Waals surface area contributed by atoms with Gasteiger partial charge in [-0.05, 0) is 45.3 Å². The van der Waals surface area contributed by atoms with E-state index >= 15 is 0 Å². The number of halogens is 1. The summed E-state index contributed by atoms with van der Waals surface area (Å²) in [4.78, 5) is 2.33. The predicted octanol–water partition coefficient (Wildman–Crippen LogP) is 3.81. The van der Waals surface area contributed by atoms with E-state index in [1.54, 1.807) is 12.1 Å². The molecular formula is C18H29FN2. The van der Waals surface area contributed by atoms with E-state index < -0.39 is 0 Å². The van der Waals surface area contributed by atoms with Crippen LogP contribution in [0.5, 0.6) is 0 Å². The molecule has 21 heavy (non-hydrogen) atoms. The molecule has 0 saturated heterocycles. The summed E-state index contributed by atoms with van der Waals surface area (Å²) in [5, 5.41) is 3.46. The second-order valence-corrected chi connectivity index (χ2v) is 6.44. The van der Waals surface area contributed by atoms with Crippen LogP contribution in [0.3, 0.4) is 0 Å². The molecule has 1 aliphatic carbocycles. The van der Waals surface area contributed by atoms with Gasteiger partial charge in [-0.2, -0.15) is 0 Å². The summed E-state index contributed by atoms with van der Waals surface area (Å²) in [6, 6.07) is 8.15. The predicted molar refractivity (Wildman–Crippen MR) is 86.8 cm³/mol. The molecule has 1 aromatic rings. The fourth-order valence-corrected chi connectivity index (χ4v) is 3.74. The second kappa shape index (κ2) is 7.90. The van der Waals surface area contributed by atoms with Crippen LogP contribution >= 0.6 is 0 Å². The summed E-state index contributed by atoms with van der Waals surface area (Å²) in [6.07, 6.45) is 6.36. The first kappa shape index (κ1) is 16.4. The molecule has 1 fully saturated rings. The summed E-state index contributed by atoms with van der Waals surface area (Å²) < 4.78 is 13.9. The lowest BCUT2D eigenvalue weighted by Gasteiger charge is -2.41. The summed E-state index contributed by atoms with van der Waals surface area (Å²) >= 11 is 0. The van der Waals surface area contributed by atoms with E-state index in [-0.39, 0.29) is 5.82 Å². The van der Waals surface area contributed by atoms with Crippen molar-refractivity contribution in [3.8, 4) is 0 Å². The van der Waals surface area contributed by atoms with Gasteiger partial charge in [0.05, 0.1) is 0 Å². The Kier molecular flexibility index (Phi) is 6.19. The topological polar surface area (TPSA) is 15.3 Å². The van der Waals surface area contributed by atoms with Gasteiger partial charge in [0.2, 0.25) is 0 Å². The van der Waals surface area contributed by atoms with Gasteiger partial charge in [-0.1, -0.05) is 38.0 Å². The van der Waals surface area contributed by atoms with Crippen LogP contribution in [0.1, 0.15) is 44.6 Å². The van der Waals surface area contributed by atoms with Crippen LogP contribution in [0.4, 0.5) is 4.39 Å². The lowest BCUT2D eigenvalue weighted by atomic mass is 9.79. The molecule has 1 aromatic carbocycles. The minimum absolute atomic E-state index is 0.0914. The Hall–Kier alpha value is -0.930. The standard InChI is InChI=1S/C18H29FN2/c1-4-7-14-10-11-17(20-2)18(12-14)21(3)13-15-8-5-6-9-16(15)19/h5-6,8-9,14,17-18,20H,4,7,10-13H2,1-3H3. The first-order valence-electron chi connectivity index (χ1n) is 8.26. The van der Waals surface area contributed by atoms with Gasteiger partial charge < -0.3 is 5.32 Å². The van der Waals surface area contributed by atoms with Crippen LogP contribution in [0.25, 0.3) is 0 Å². The third-order valence-corrected chi connectivity index (χ3v) is 4.94. The number of hydrogen-bond acceptors (Lipinski definition) is 2. The highest BCUT2D eigenvalue weighted by Crippen LogP contribution is 2.31. The first-order valence-corrected chi connectivity index (χ1v) is 8.26. The molecule has 0 heterocycles. The van der Waals surface area contributed by atoms with Crippen LogP contribution in [0.15, 0.2) is 24.3 Å². The molecule has 1 saturated carbocycles. The molecule has 0 spiro atoms. The maximum atomic E-state index is 13.9. The zero-order valence-corrected chi connectivity index (χ0v) is 13.6. The highest BCUT2D eigenvalue weighted by atomic mass is 19.1. The molecule has 118 valence electrons. The molecular weight excluding hydrogens is 263 g/mol. The van der Waals surface area contributed by atoms with Gasteiger partial charge in [0.1, 0.15) is 5.82 Å². The van der Waals surface area contributed by atoms with Crippen molar-refractivity contribution in [2.45, 2.75) is 57.7 Å². The minimum atomic E-state index is -0.0914. The quantitative estimate of drug-likeness (QED) is 0.857. The molecule has 0 radical (unpaired) electrons. The average molecular weight is 292 g/mol. The second-order valence-electron chi connectivity index (χ2n) is 6.44. The first-order chi connectivity index (χ1) is 10.2. The van der Waals surface area contributed by atoms with Gasteiger partial charge in [0.15, 0.2) is 0 Å². The molecule has 1 N–H and O–H groups in total. The zero-order valence-electron chi connectivity index (χ0n) is 13.6. The van der Waals surface area contributed by atoms with Crippen LogP contribution in [-0.2, 0) is 6.54 Å². The molecule has 1 aliphatic rings. The number of benzene rings is 1. The van der Waals surface area contributed by atoms with Crippen LogP contribution < -0.4 is 5.32 Å². The van der Waals surface area contributed by atoms with Crippen molar-refractivity contribution in [3.63, 3.8) is 0 Å². The van der Waals surface area contributed by atoms with Crippen molar-refractivity contribution < 1.29 is 4.39 Å². The Morgan fingerprint density at radius 2 is 2.05 bits per heavy atom. The van der Waals surface area contributed by atoms with Gasteiger partial charge >= 0.3 is 0 Å². The number of likely N-dealkylation sites (N-methyl/N-ethyl adjacent to an activating group) is 2. The van der Waals surface area contributed by atoms with Gasteiger partial charge in [0, 0.05) is 24.2 Å². The number of nitrogens with zero attached hydrogens (tertiary/aromatic N) is 1. The van der Waals surface area contributed by atoms with E-state index in [9.17, 15) is 4.39 Å². The smallest absolute Gasteiger partial charge is 0.127 e.